The molecule has 60 heavy (non-hydrogen) atoms. The van der Waals surface area contributed by atoms with Crippen molar-refractivity contribution in [1.82, 2.24) is 0 Å². The third-order valence-electron chi connectivity index (χ3n) is 9.27. The monoisotopic (exact) mass is 846 g/mol. The summed E-state index contributed by atoms with van der Waals surface area (Å²) in [5.41, 5.74) is 0.530. The normalized spacial score (nSPS) is 28.4. The molecule has 2 aromatic rings. The summed E-state index contributed by atoms with van der Waals surface area (Å²) in [4.78, 5) is 87.3. The van der Waals surface area contributed by atoms with Crippen molar-refractivity contribution < 1.29 is 95.5 Å². The Labute approximate surface area is 343 Å². The van der Waals surface area contributed by atoms with Crippen molar-refractivity contribution in [3.8, 4) is 23.0 Å². The van der Waals surface area contributed by atoms with E-state index in [0.717, 1.165) is 47.6 Å². The third kappa shape index (κ3) is 11.0. The van der Waals surface area contributed by atoms with Crippen molar-refractivity contribution in [3.63, 3.8) is 0 Å². The number of benzene rings is 2. The molecule has 20 nitrogen and oxygen atoms in total. The maximum Gasteiger partial charge on any atom is 0.303 e. The van der Waals surface area contributed by atoms with Crippen molar-refractivity contribution in [2.45, 2.75) is 122 Å². The fraction of sp³-hybridized carbons (Fsp3) is 0.525. The highest BCUT2D eigenvalue weighted by Gasteiger charge is 2.55. The maximum atomic E-state index is 13.3. The highest BCUT2D eigenvalue weighted by atomic mass is 16.8. The molecule has 0 bridgehead atoms. The van der Waals surface area contributed by atoms with Gasteiger partial charge in [-0.25, -0.2) is 0 Å². The summed E-state index contributed by atoms with van der Waals surface area (Å²) in [7, 11) is 1.51. The summed E-state index contributed by atoms with van der Waals surface area (Å²) in [6.45, 7) is 7.31. The molecule has 0 aromatic heterocycles. The number of carbonyl (C=O) groups is 7. The minimum absolute atomic E-state index is 0.0504. The largest absolute Gasteiger partial charge is 0.507 e. The van der Waals surface area contributed by atoms with Gasteiger partial charge in [0.05, 0.1) is 26.2 Å². The molecule has 326 valence electrons. The molecular weight excluding hydrogens is 800 g/mol. The molecule has 2 saturated heterocycles. The van der Waals surface area contributed by atoms with Crippen LogP contribution in [-0.2, 0) is 71.4 Å². The molecule has 2 aromatic carbocycles. The molecule has 3 aliphatic heterocycles. The van der Waals surface area contributed by atoms with E-state index < -0.39 is 121 Å². The van der Waals surface area contributed by atoms with Crippen LogP contribution in [-0.4, -0.2) is 122 Å². The van der Waals surface area contributed by atoms with Crippen LogP contribution in [0.5, 0.6) is 23.0 Å². The van der Waals surface area contributed by atoms with Crippen molar-refractivity contribution in [2.75, 3.05) is 13.7 Å². The van der Waals surface area contributed by atoms with E-state index >= 15 is 0 Å². The van der Waals surface area contributed by atoms with E-state index in [-0.39, 0.29) is 23.5 Å². The second kappa shape index (κ2) is 19.4. The minimum Gasteiger partial charge on any atom is -0.507 e. The number of ether oxygens (including phenoxy) is 12. The van der Waals surface area contributed by atoms with Gasteiger partial charge in [0.1, 0.15) is 40.8 Å². The number of carbonyl (C=O) groups excluding carboxylic acids is 7. The van der Waals surface area contributed by atoms with Crippen LogP contribution in [0.4, 0.5) is 0 Å². The van der Waals surface area contributed by atoms with Crippen LogP contribution in [0.25, 0.3) is 0 Å². The number of fused-ring (bicyclic) bond motifs is 1. The van der Waals surface area contributed by atoms with E-state index in [4.69, 9.17) is 56.8 Å². The number of ketones is 1. The molecule has 1 N–H and O–H groups in total. The number of hydrogen-bond donors (Lipinski definition) is 1. The van der Waals surface area contributed by atoms with Gasteiger partial charge < -0.3 is 61.9 Å². The van der Waals surface area contributed by atoms with Crippen LogP contribution < -0.4 is 14.2 Å². The second-order valence-electron chi connectivity index (χ2n) is 14.0. The number of phenols is 1. The first-order valence-electron chi connectivity index (χ1n) is 18.7. The molecule has 0 radical (unpaired) electrons. The molecule has 1 unspecified atom stereocenters. The molecule has 11 atom stereocenters. The Morgan fingerprint density at radius 2 is 1.15 bits per heavy atom. The van der Waals surface area contributed by atoms with Crippen LogP contribution in [0.15, 0.2) is 36.4 Å². The van der Waals surface area contributed by atoms with Gasteiger partial charge in [0, 0.05) is 53.7 Å². The van der Waals surface area contributed by atoms with Crippen molar-refractivity contribution >= 4 is 41.6 Å². The molecule has 0 aliphatic carbocycles. The van der Waals surface area contributed by atoms with Crippen LogP contribution in [0, 0.1) is 0 Å². The van der Waals surface area contributed by atoms with Gasteiger partial charge in [-0.05, 0) is 24.6 Å². The Kier molecular flexibility index (Phi) is 14.6. The van der Waals surface area contributed by atoms with Crippen molar-refractivity contribution in [1.29, 1.82) is 0 Å². The van der Waals surface area contributed by atoms with E-state index in [2.05, 4.69) is 0 Å². The highest BCUT2D eigenvalue weighted by molar-refractivity contribution is 6.02. The first-order chi connectivity index (χ1) is 28.3. The Balaban J connectivity index is 1.49. The predicted molar refractivity (Wildman–Crippen MR) is 196 cm³/mol. The number of Topliss-reactive ketones (excluding diaryl/α,β-unsaturated/α-hetero) is 1. The molecule has 3 heterocycles. The first-order valence-corrected chi connectivity index (χ1v) is 18.7. The number of phenolic OH excluding ortho intramolecular Hbond substituents is 1. The number of methoxy groups -OCH3 is 1. The van der Waals surface area contributed by atoms with Gasteiger partial charge in [-0.2, -0.15) is 0 Å². The maximum absolute atomic E-state index is 13.3. The van der Waals surface area contributed by atoms with E-state index in [1.165, 1.54) is 20.1 Å². The zero-order valence-electron chi connectivity index (χ0n) is 33.9. The van der Waals surface area contributed by atoms with Crippen LogP contribution in [0.2, 0.25) is 0 Å². The third-order valence-corrected chi connectivity index (χ3v) is 9.27. The standard InChI is InChI=1S/C40H46O20/c1-17-33(52-18(2)41)35(54-20(4)43)37(56-22(6)45)39(51-17)50-16-31-34(53-19(3)42)36(55-21(5)44)38(57-23(7)46)40(60-31)58-26-13-27(47)32-28(48)15-29(59-30(32)14-26)24-9-11-25(49-8)12-10-24/h9-14,17,29,31,33-40,47H,15-16H2,1-8H3/t17-,29?,31-,33+,34+,35-,36-,37+,38+,39-,40-/m1/s1. The summed E-state index contributed by atoms with van der Waals surface area (Å²) in [6.07, 6.45) is -15.6. The number of rotatable bonds is 13. The zero-order chi connectivity index (χ0) is 44.0. The Bertz CT molecular complexity index is 1940. The van der Waals surface area contributed by atoms with Gasteiger partial charge in [0.25, 0.3) is 0 Å². The smallest absolute Gasteiger partial charge is 0.303 e. The molecule has 3 aliphatic rings. The topological polar surface area (TPSA) is 250 Å². The van der Waals surface area contributed by atoms with E-state index in [1.54, 1.807) is 24.3 Å². The average molecular weight is 847 g/mol. The van der Waals surface area contributed by atoms with Crippen molar-refractivity contribution in [2.24, 2.45) is 0 Å². The SMILES string of the molecule is COc1ccc(C2CC(=O)c3c(O)cc(O[C@@H]4O[C@H](CO[C@@H]5O[C@H](C)[C@H](OC(C)=O)[C@@H](OC(C)=O)[C@@H]5OC(C)=O)[C@H](OC(C)=O)[C@@H](OC(C)=O)[C@@H]4OC(C)=O)cc3O2)cc1. The van der Waals surface area contributed by atoms with E-state index in [9.17, 15) is 38.7 Å². The minimum atomic E-state index is -1.72. The molecule has 2 fully saturated rings. The molecule has 0 amide bonds. The molecule has 0 spiro atoms. The summed E-state index contributed by atoms with van der Waals surface area (Å²) in [6, 6.07) is 9.24. The van der Waals surface area contributed by atoms with Gasteiger partial charge in [-0.15, -0.1) is 0 Å². The van der Waals surface area contributed by atoms with Gasteiger partial charge in [-0.3, -0.25) is 33.6 Å². The lowest BCUT2D eigenvalue weighted by molar-refractivity contribution is -0.323. The summed E-state index contributed by atoms with van der Waals surface area (Å²) < 4.78 is 68.7. The molecular formula is C40H46O20. The number of aromatic hydroxyl groups is 1. The van der Waals surface area contributed by atoms with Crippen LogP contribution >= 0.6 is 0 Å². The molecule has 0 saturated carbocycles. The molecule has 20 heteroatoms. The van der Waals surface area contributed by atoms with Gasteiger partial charge >= 0.3 is 35.8 Å². The Morgan fingerprint density at radius 3 is 1.70 bits per heavy atom. The van der Waals surface area contributed by atoms with Gasteiger partial charge in [0.2, 0.25) is 12.4 Å². The van der Waals surface area contributed by atoms with Crippen LogP contribution in [0.1, 0.15) is 76.9 Å². The predicted octanol–water partition coefficient (Wildman–Crippen LogP) is 2.56. The summed E-state index contributed by atoms with van der Waals surface area (Å²) in [5, 5.41) is 11.0. The Hall–Kier alpha value is -5.99. The second-order valence-corrected chi connectivity index (χ2v) is 14.0. The fourth-order valence-corrected chi connectivity index (χ4v) is 7.00. The van der Waals surface area contributed by atoms with Gasteiger partial charge in [0.15, 0.2) is 42.6 Å². The lowest BCUT2D eigenvalue weighted by Gasteiger charge is -2.46. The average Bonchev–Trinajstić information content (AvgIpc) is 3.14. The van der Waals surface area contributed by atoms with Crippen molar-refractivity contribution in [3.05, 3.63) is 47.5 Å². The summed E-state index contributed by atoms with van der Waals surface area (Å²) >= 11 is 0. The van der Waals surface area contributed by atoms with Crippen LogP contribution in [0.3, 0.4) is 0 Å². The quantitative estimate of drug-likeness (QED) is 0.225. The summed E-state index contributed by atoms with van der Waals surface area (Å²) in [5.74, 6) is -5.63. The fourth-order valence-electron chi connectivity index (χ4n) is 7.00. The van der Waals surface area contributed by atoms with E-state index in [0.29, 0.717) is 11.3 Å². The lowest BCUT2D eigenvalue weighted by Crippen LogP contribution is -2.64. The highest BCUT2D eigenvalue weighted by Crippen LogP contribution is 2.43. The zero-order valence-corrected chi connectivity index (χ0v) is 33.9. The molecule has 5 rings (SSSR count). The Morgan fingerprint density at radius 1 is 0.650 bits per heavy atom. The number of esters is 6. The number of hydrogen-bond acceptors (Lipinski definition) is 20. The van der Waals surface area contributed by atoms with E-state index in [1.807, 2.05) is 0 Å². The lowest BCUT2D eigenvalue weighted by atomic mass is 9.95. The van der Waals surface area contributed by atoms with Gasteiger partial charge in [-0.1, -0.05) is 12.1 Å². The first kappa shape index (κ1) is 45.1.